The van der Waals surface area contributed by atoms with Gasteiger partial charge < -0.3 is 9.47 Å². The smallest absolute Gasteiger partial charge is 0.311 e. The van der Waals surface area contributed by atoms with E-state index in [2.05, 4.69) is 45.0 Å². The van der Waals surface area contributed by atoms with Gasteiger partial charge in [-0.3, -0.25) is 4.79 Å². The van der Waals surface area contributed by atoms with Crippen LogP contribution in [0.5, 0.6) is 5.75 Å². The molecular weight excluding hydrogens is 276 g/mol. The van der Waals surface area contributed by atoms with Crippen LogP contribution in [0.1, 0.15) is 43.7 Å². The van der Waals surface area contributed by atoms with Gasteiger partial charge in [-0.1, -0.05) is 19.1 Å². The van der Waals surface area contributed by atoms with Crippen LogP contribution in [-0.2, 0) is 9.53 Å². The van der Waals surface area contributed by atoms with Crippen molar-refractivity contribution in [2.45, 2.75) is 46.5 Å². The minimum absolute atomic E-state index is 0.0559. The lowest BCUT2D eigenvalue weighted by atomic mass is 9.34. The molecule has 0 saturated heterocycles. The van der Waals surface area contributed by atoms with Crippen molar-refractivity contribution in [2.24, 2.45) is 10.8 Å². The summed E-state index contributed by atoms with van der Waals surface area (Å²) in [6.07, 6.45) is 5.70. The molecule has 1 aromatic rings. The largest absolute Gasteiger partial charge is 0.469 e. The number of allylic oxidation sites excluding steroid dienone is 2. The number of aryl methyl sites for hydroxylation is 2. The SMILES string of the molecule is CC/C=C(/Oc1cc(C)ccc1C)C12CC(C(=O)OC)(C1)C2. The number of carbonyl (C=O) groups is 1. The van der Waals surface area contributed by atoms with E-state index < -0.39 is 0 Å². The Hall–Kier alpha value is -1.77. The van der Waals surface area contributed by atoms with Crippen LogP contribution in [-0.4, -0.2) is 13.1 Å². The van der Waals surface area contributed by atoms with E-state index in [0.717, 1.165) is 42.8 Å². The average Bonchev–Trinajstić information content (AvgIpc) is 2.39. The summed E-state index contributed by atoms with van der Waals surface area (Å²) < 4.78 is 11.2. The van der Waals surface area contributed by atoms with Crippen LogP contribution in [0.4, 0.5) is 0 Å². The van der Waals surface area contributed by atoms with Crippen molar-refractivity contribution < 1.29 is 14.3 Å². The highest BCUT2D eigenvalue weighted by Gasteiger charge is 2.74. The summed E-state index contributed by atoms with van der Waals surface area (Å²) in [5, 5.41) is 0. The molecule has 3 aliphatic rings. The van der Waals surface area contributed by atoms with Crippen LogP contribution in [0.15, 0.2) is 30.0 Å². The van der Waals surface area contributed by atoms with Gasteiger partial charge >= 0.3 is 5.97 Å². The lowest BCUT2D eigenvalue weighted by molar-refractivity contribution is -0.219. The molecule has 0 heterocycles. The van der Waals surface area contributed by atoms with Gasteiger partial charge in [-0.2, -0.15) is 0 Å². The van der Waals surface area contributed by atoms with Crippen LogP contribution in [0.2, 0.25) is 0 Å². The topological polar surface area (TPSA) is 35.5 Å². The van der Waals surface area contributed by atoms with Crippen molar-refractivity contribution in [3.05, 3.63) is 41.2 Å². The maximum atomic E-state index is 11.9. The Labute approximate surface area is 132 Å². The molecular formula is C19H24O3. The van der Waals surface area contributed by atoms with Crippen molar-refractivity contribution in [1.82, 2.24) is 0 Å². The van der Waals surface area contributed by atoms with Gasteiger partial charge in [0.25, 0.3) is 0 Å². The first-order chi connectivity index (χ1) is 10.4. The zero-order valence-corrected chi connectivity index (χ0v) is 13.9. The highest BCUT2D eigenvalue weighted by molar-refractivity contribution is 5.81. The molecule has 0 aromatic heterocycles. The maximum Gasteiger partial charge on any atom is 0.311 e. The third kappa shape index (κ3) is 2.15. The van der Waals surface area contributed by atoms with Gasteiger partial charge in [-0.15, -0.1) is 0 Å². The van der Waals surface area contributed by atoms with Gasteiger partial charge in [0.1, 0.15) is 11.5 Å². The summed E-state index contributed by atoms with van der Waals surface area (Å²) in [5.41, 5.74) is 2.16. The number of ether oxygens (including phenoxy) is 2. The van der Waals surface area contributed by atoms with Crippen molar-refractivity contribution in [1.29, 1.82) is 0 Å². The predicted molar refractivity (Wildman–Crippen MR) is 85.7 cm³/mol. The van der Waals surface area contributed by atoms with E-state index in [1.54, 1.807) is 0 Å². The Kier molecular flexibility index (Phi) is 3.54. The molecule has 3 nitrogen and oxygen atoms in total. The second kappa shape index (κ2) is 5.15. The van der Waals surface area contributed by atoms with Gasteiger partial charge in [0.05, 0.1) is 12.5 Å². The number of benzene rings is 1. The molecule has 118 valence electrons. The fourth-order valence-electron chi connectivity index (χ4n) is 3.97. The lowest BCUT2D eigenvalue weighted by Gasteiger charge is -2.68. The van der Waals surface area contributed by atoms with Crippen molar-refractivity contribution in [2.75, 3.05) is 7.11 Å². The Bertz CT molecular complexity index is 622. The fraction of sp³-hybridized carbons (Fsp3) is 0.526. The van der Waals surface area contributed by atoms with E-state index in [1.807, 2.05) is 0 Å². The van der Waals surface area contributed by atoms with Crippen molar-refractivity contribution >= 4 is 5.97 Å². The molecule has 4 rings (SSSR count). The number of methoxy groups -OCH3 is 1. The Morgan fingerprint density at radius 2 is 1.91 bits per heavy atom. The second-order valence-corrected chi connectivity index (χ2v) is 6.93. The van der Waals surface area contributed by atoms with Gasteiger partial charge in [0.2, 0.25) is 0 Å². The standard InChI is InChI=1S/C19H24O3/c1-5-6-16(22-15-9-13(2)7-8-14(15)3)18-10-19(11-18,12-18)17(20)21-4/h6-9H,5,10-12H2,1-4H3/b16-6+. The number of hydrogen-bond donors (Lipinski definition) is 0. The lowest BCUT2D eigenvalue weighted by Crippen LogP contribution is -2.66. The van der Waals surface area contributed by atoms with Crippen molar-refractivity contribution in [3.8, 4) is 5.75 Å². The Morgan fingerprint density at radius 3 is 2.50 bits per heavy atom. The molecule has 0 unspecified atom stereocenters. The summed E-state index contributed by atoms with van der Waals surface area (Å²) in [6, 6.07) is 6.27. The molecule has 0 N–H and O–H groups in total. The zero-order chi connectivity index (χ0) is 16.0. The second-order valence-electron chi connectivity index (χ2n) is 6.93. The van der Waals surface area contributed by atoms with Crippen molar-refractivity contribution in [3.63, 3.8) is 0 Å². The van der Waals surface area contributed by atoms with Gasteiger partial charge in [0.15, 0.2) is 0 Å². The first-order valence-electron chi connectivity index (χ1n) is 7.99. The molecule has 0 aliphatic heterocycles. The molecule has 0 amide bonds. The molecule has 2 bridgehead atoms. The molecule has 3 aliphatic carbocycles. The molecule has 0 radical (unpaired) electrons. The number of carbonyl (C=O) groups excluding carboxylic acids is 1. The van der Waals surface area contributed by atoms with E-state index in [1.165, 1.54) is 12.7 Å². The highest BCUT2D eigenvalue weighted by atomic mass is 16.5. The van der Waals surface area contributed by atoms with E-state index in [9.17, 15) is 4.79 Å². The average molecular weight is 300 g/mol. The van der Waals surface area contributed by atoms with E-state index in [-0.39, 0.29) is 16.8 Å². The van der Waals surface area contributed by atoms with Crippen LogP contribution in [0.3, 0.4) is 0 Å². The normalized spacial score (nSPS) is 29.4. The van der Waals surface area contributed by atoms with E-state index >= 15 is 0 Å². The Morgan fingerprint density at radius 1 is 1.23 bits per heavy atom. The summed E-state index contributed by atoms with van der Waals surface area (Å²) >= 11 is 0. The minimum atomic E-state index is -0.230. The van der Waals surface area contributed by atoms with E-state index in [0.29, 0.717) is 0 Å². The summed E-state index contributed by atoms with van der Waals surface area (Å²) in [7, 11) is 1.48. The monoisotopic (exact) mass is 300 g/mol. The summed E-state index contributed by atoms with van der Waals surface area (Å²) in [6.45, 7) is 6.26. The number of hydrogen-bond acceptors (Lipinski definition) is 3. The molecule has 1 aromatic carbocycles. The van der Waals surface area contributed by atoms with Gasteiger partial charge in [-0.05, 0) is 62.8 Å². The molecule has 0 atom stereocenters. The van der Waals surface area contributed by atoms with Crippen LogP contribution in [0, 0.1) is 24.7 Å². The Balaban J connectivity index is 1.78. The summed E-state index contributed by atoms with van der Waals surface area (Å²) in [5.74, 6) is 1.91. The molecule has 22 heavy (non-hydrogen) atoms. The molecule has 0 spiro atoms. The number of rotatable bonds is 5. The van der Waals surface area contributed by atoms with Gasteiger partial charge in [-0.25, -0.2) is 0 Å². The molecule has 3 heteroatoms. The first-order valence-corrected chi connectivity index (χ1v) is 7.99. The first kappa shape index (κ1) is 15.1. The maximum absolute atomic E-state index is 11.9. The zero-order valence-electron chi connectivity index (χ0n) is 13.9. The van der Waals surface area contributed by atoms with E-state index in [4.69, 9.17) is 9.47 Å². The van der Waals surface area contributed by atoms with Gasteiger partial charge in [0, 0.05) is 5.41 Å². The number of esters is 1. The third-order valence-corrected chi connectivity index (χ3v) is 5.12. The fourth-order valence-corrected chi connectivity index (χ4v) is 3.97. The van der Waals surface area contributed by atoms with Crippen LogP contribution < -0.4 is 4.74 Å². The molecule has 3 fully saturated rings. The minimum Gasteiger partial charge on any atom is -0.469 e. The highest BCUT2D eigenvalue weighted by Crippen LogP contribution is 2.76. The predicted octanol–water partition coefficient (Wildman–Crippen LogP) is 4.32. The summed E-state index contributed by atoms with van der Waals surface area (Å²) in [4.78, 5) is 11.9. The quantitative estimate of drug-likeness (QED) is 0.600. The third-order valence-electron chi connectivity index (χ3n) is 5.12. The van der Waals surface area contributed by atoms with Crippen LogP contribution in [0.25, 0.3) is 0 Å². The molecule has 3 saturated carbocycles. The van der Waals surface area contributed by atoms with Crippen LogP contribution >= 0.6 is 0 Å².